The van der Waals surface area contributed by atoms with Gasteiger partial charge in [0, 0.05) is 7.05 Å². The van der Waals surface area contributed by atoms with Gasteiger partial charge in [0.2, 0.25) is 0 Å². The van der Waals surface area contributed by atoms with Gasteiger partial charge in [-0.05, 0) is 0 Å². The first kappa shape index (κ1) is 6.65. The lowest BCUT2D eigenvalue weighted by Gasteiger charge is -1.98. The molecule has 0 rings (SSSR count). The van der Waals surface area contributed by atoms with Crippen LogP contribution in [0.5, 0.6) is 0 Å². The first-order valence-electron chi connectivity index (χ1n) is 1.73. The first-order valence-corrected chi connectivity index (χ1v) is 1.73. The van der Waals surface area contributed by atoms with Gasteiger partial charge in [0.05, 0.1) is 0 Å². The molecule has 0 aromatic rings. The van der Waals surface area contributed by atoms with E-state index >= 15 is 0 Å². The zero-order valence-corrected chi connectivity index (χ0v) is 4.16. The minimum Gasteiger partial charge on any atom is -0.464 e. The summed E-state index contributed by atoms with van der Waals surface area (Å²) in [7, 11) is 1.13. The second-order valence-electron chi connectivity index (χ2n) is 0.997. The fourth-order valence-electron chi connectivity index (χ4n) is 0.104. The molecule has 8 heavy (non-hydrogen) atoms. The Morgan fingerprint density at radius 1 is 1.88 bits per heavy atom. The van der Waals surface area contributed by atoms with Crippen LogP contribution in [0.3, 0.4) is 0 Å². The maximum atomic E-state index is 9.74. The van der Waals surface area contributed by atoms with E-state index in [1.807, 2.05) is 0 Å². The van der Waals surface area contributed by atoms with E-state index in [2.05, 4.69) is 5.10 Å². The minimum absolute atomic E-state index is 0.465. The van der Waals surface area contributed by atoms with Gasteiger partial charge in [-0.25, -0.2) is 9.59 Å². The molecule has 0 aliphatic rings. The van der Waals surface area contributed by atoms with Crippen molar-refractivity contribution in [2.75, 3.05) is 7.05 Å². The Morgan fingerprint density at radius 2 is 2.38 bits per heavy atom. The highest BCUT2D eigenvalue weighted by molar-refractivity contribution is 5.64. The Bertz CT molecular complexity index is 135. The van der Waals surface area contributed by atoms with Crippen molar-refractivity contribution in [3.63, 3.8) is 0 Å². The first-order chi connectivity index (χ1) is 3.68. The number of amides is 1. The van der Waals surface area contributed by atoms with Gasteiger partial charge in [-0.1, -0.05) is 5.10 Å². The van der Waals surface area contributed by atoms with E-state index in [0.29, 0.717) is 5.01 Å². The molecule has 0 bridgehead atoms. The van der Waals surface area contributed by atoms with E-state index in [1.165, 1.54) is 0 Å². The third-order valence-electron chi connectivity index (χ3n) is 0.468. The Labute approximate surface area is 45.2 Å². The average molecular weight is 116 g/mol. The predicted octanol–water partition coefficient (Wildman–Crippen LogP) is -0.153. The topological polar surface area (TPSA) is 70.0 Å². The summed E-state index contributed by atoms with van der Waals surface area (Å²) in [5.74, 6) is 0. The van der Waals surface area contributed by atoms with Crippen LogP contribution >= 0.6 is 0 Å². The van der Waals surface area contributed by atoms with Gasteiger partial charge in [0.15, 0.2) is 0 Å². The standard InChI is InChI=1S/C3H4N2O3/c1-5(3(7)8)4-2-6/h1H3,(H,7,8). The van der Waals surface area contributed by atoms with Crippen molar-refractivity contribution in [3.8, 4) is 0 Å². The molecule has 0 saturated carbocycles. The fraction of sp³-hybridized carbons (Fsp3) is 0.333. The summed E-state index contributed by atoms with van der Waals surface area (Å²) in [6.07, 6.45) is -0.215. The number of isocyanates is 1. The molecule has 5 nitrogen and oxygen atoms in total. The zero-order chi connectivity index (χ0) is 6.57. The third-order valence-corrected chi connectivity index (χ3v) is 0.468. The highest BCUT2D eigenvalue weighted by atomic mass is 16.4. The number of carbonyl (C=O) groups is 1. The Hall–Kier alpha value is -1.35. The Kier molecular flexibility index (Phi) is 2.30. The molecule has 0 aliphatic carbocycles. The molecule has 44 valence electrons. The van der Waals surface area contributed by atoms with Gasteiger partial charge >= 0.3 is 6.09 Å². The van der Waals surface area contributed by atoms with Gasteiger partial charge in [-0.2, -0.15) is 5.01 Å². The van der Waals surface area contributed by atoms with Crippen molar-refractivity contribution in [3.05, 3.63) is 0 Å². The summed E-state index contributed by atoms with van der Waals surface area (Å²) in [5, 5.41) is 11.2. The van der Waals surface area contributed by atoms with Gasteiger partial charge < -0.3 is 5.11 Å². The molecule has 0 atom stereocenters. The lowest BCUT2D eigenvalue weighted by molar-refractivity contribution is 0.157. The van der Waals surface area contributed by atoms with Gasteiger partial charge in [0.1, 0.15) is 0 Å². The minimum atomic E-state index is -1.28. The zero-order valence-electron chi connectivity index (χ0n) is 4.16. The van der Waals surface area contributed by atoms with E-state index in [0.717, 1.165) is 13.1 Å². The SMILES string of the molecule is CN(N=C=O)C(=O)O. The normalized spacial score (nSPS) is 7.12. The highest BCUT2D eigenvalue weighted by Crippen LogP contribution is 1.78. The third kappa shape index (κ3) is 1.94. The maximum Gasteiger partial charge on any atom is 0.428 e. The second-order valence-corrected chi connectivity index (χ2v) is 0.997. The van der Waals surface area contributed by atoms with E-state index in [-0.39, 0.29) is 0 Å². The maximum absolute atomic E-state index is 9.74. The Morgan fingerprint density at radius 3 is 2.50 bits per heavy atom. The molecule has 0 aromatic carbocycles. The summed E-state index contributed by atoms with van der Waals surface area (Å²) >= 11 is 0. The van der Waals surface area contributed by atoms with Gasteiger partial charge in [-0.3, -0.25) is 0 Å². The molecule has 0 aromatic heterocycles. The number of hydrogen-bond donors (Lipinski definition) is 1. The smallest absolute Gasteiger partial charge is 0.428 e. The van der Waals surface area contributed by atoms with Crippen LogP contribution in [0, 0.1) is 0 Å². The number of nitrogens with zero attached hydrogens (tertiary/aromatic N) is 2. The van der Waals surface area contributed by atoms with Crippen molar-refractivity contribution in [2.24, 2.45) is 5.10 Å². The van der Waals surface area contributed by atoms with Crippen LogP contribution < -0.4 is 0 Å². The van der Waals surface area contributed by atoms with Crippen LogP contribution in [0.15, 0.2) is 5.10 Å². The molecule has 1 N–H and O–H groups in total. The fourth-order valence-corrected chi connectivity index (χ4v) is 0.104. The number of hydrogen-bond acceptors (Lipinski definition) is 3. The molecular weight excluding hydrogens is 112 g/mol. The molecular formula is C3H4N2O3. The second kappa shape index (κ2) is 2.76. The van der Waals surface area contributed by atoms with Crippen LogP contribution in [0.2, 0.25) is 0 Å². The number of rotatable bonds is 1. The van der Waals surface area contributed by atoms with E-state index in [1.54, 1.807) is 0 Å². The van der Waals surface area contributed by atoms with Gasteiger partial charge in [-0.15, -0.1) is 0 Å². The summed E-state index contributed by atoms with van der Waals surface area (Å²) in [6.45, 7) is 0. The van der Waals surface area contributed by atoms with Crippen LogP contribution in [0.4, 0.5) is 4.79 Å². The van der Waals surface area contributed by atoms with E-state index in [9.17, 15) is 9.59 Å². The summed E-state index contributed by atoms with van der Waals surface area (Å²) in [5.41, 5.74) is 0. The largest absolute Gasteiger partial charge is 0.464 e. The molecule has 5 heteroatoms. The monoisotopic (exact) mass is 116 g/mol. The van der Waals surface area contributed by atoms with E-state index in [4.69, 9.17) is 5.11 Å². The van der Waals surface area contributed by atoms with Crippen molar-refractivity contribution in [1.29, 1.82) is 0 Å². The molecule has 0 aliphatic heterocycles. The van der Waals surface area contributed by atoms with Crippen LogP contribution in [-0.4, -0.2) is 29.3 Å². The molecule has 0 radical (unpaired) electrons. The molecule has 0 heterocycles. The predicted molar refractivity (Wildman–Crippen MR) is 23.9 cm³/mol. The summed E-state index contributed by atoms with van der Waals surface area (Å²) < 4.78 is 0. The molecule has 1 amide bonds. The molecule has 0 spiro atoms. The van der Waals surface area contributed by atoms with E-state index < -0.39 is 6.09 Å². The van der Waals surface area contributed by atoms with Crippen LogP contribution in [0.25, 0.3) is 0 Å². The van der Waals surface area contributed by atoms with Crippen molar-refractivity contribution in [2.45, 2.75) is 0 Å². The molecule has 0 saturated heterocycles. The Balaban J connectivity index is 3.82. The summed E-state index contributed by atoms with van der Waals surface area (Å²) in [4.78, 5) is 19.1. The lowest BCUT2D eigenvalue weighted by atomic mass is 11.0. The van der Waals surface area contributed by atoms with Crippen molar-refractivity contribution >= 4 is 12.2 Å². The average Bonchev–Trinajstić information content (AvgIpc) is 1.67. The van der Waals surface area contributed by atoms with Crippen molar-refractivity contribution < 1.29 is 14.7 Å². The number of carboxylic acid groups (broad SMARTS) is 1. The lowest BCUT2D eigenvalue weighted by Crippen LogP contribution is -2.17. The van der Waals surface area contributed by atoms with Gasteiger partial charge in [0.25, 0.3) is 6.08 Å². The highest BCUT2D eigenvalue weighted by Gasteiger charge is 1.99. The number of hydrazone groups is 1. The summed E-state index contributed by atoms with van der Waals surface area (Å²) in [6, 6.07) is 0. The molecule has 0 fully saturated rings. The quantitative estimate of drug-likeness (QED) is 0.294. The van der Waals surface area contributed by atoms with Crippen molar-refractivity contribution in [1.82, 2.24) is 5.01 Å². The van der Waals surface area contributed by atoms with Crippen LogP contribution in [-0.2, 0) is 4.79 Å². The van der Waals surface area contributed by atoms with Crippen LogP contribution in [0.1, 0.15) is 0 Å². The molecule has 0 unspecified atom stereocenters. The number of carbonyl (C=O) groups excluding carboxylic acids is 1.